The van der Waals surface area contributed by atoms with E-state index in [-0.39, 0.29) is 17.0 Å². The van der Waals surface area contributed by atoms with E-state index >= 15 is 0 Å². The Balaban J connectivity index is 2.63. The Kier molecular flexibility index (Phi) is 2.82. The van der Waals surface area contributed by atoms with Crippen LogP contribution in [0.2, 0.25) is 0 Å². The summed E-state index contributed by atoms with van der Waals surface area (Å²) in [6.07, 6.45) is 0. The Morgan fingerprint density at radius 3 is 2.41 bits per heavy atom. The van der Waals surface area contributed by atoms with Gasteiger partial charge in [0, 0.05) is 5.56 Å². The van der Waals surface area contributed by atoms with E-state index in [0.29, 0.717) is 0 Å². The highest BCUT2D eigenvalue weighted by atomic mass is 19.1. The van der Waals surface area contributed by atoms with Crippen molar-refractivity contribution in [1.29, 1.82) is 0 Å². The van der Waals surface area contributed by atoms with Gasteiger partial charge in [0.15, 0.2) is 0 Å². The first-order chi connectivity index (χ1) is 8.09. The quantitative estimate of drug-likeness (QED) is 0.870. The second-order valence-electron chi connectivity index (χ2n) is 3.31. The lowest BCUT2D eigenvalue weighted by Gasteiger charge is -2.04. The third-order valence-electron chi connectivity index (χ3n) is 2.19. The van der Waals surface area contributed by atoms with Crippen molar-refractivity contribution >= 4 is 5.97 Å². The van der Waals surface area contributed by atoms with Crippen LogP contribution >= 0.6 is 0 Å². The number of hydrogen-bond donors (Lipinski definition) is 1. The summed E-state index contributed by atoms with van der Waals surface area (Å²) in [6, 6.07) is 7.46. The number of carbonyl (C=O) groups is 1. The highest BCUT2D eigenvalue weighted by Crippen LogP contribution is 2.23. The SMILES string of the molecule is O=C(O)c1ccc(F)c(-c2ccccc2F)n1. The molecule has 5 heteroatoms. The number of hydrogen-bond acceptors (Lipinski definition) is 2. The van der Waals surface area contributed by atoms with Crippen molar-refractivity contribution in [3.63, 3.8) is 0 Å². The summed E-state index contributed by atoms with van der Waals surface area (Å²) in [7, 11) is 0. The van der Waals surface area contributed by atoms with Crippen LogP contribution in [-0.4, -0.2) is 16.1 Å². The molecule has 3 nitrogen and oxygen atoms in total. The number of nitrogens with zero attached hydrogens (tertiary/aromatic N) is 1. The van der Waals surface area contributed by atoms with Crippen LogP contribution in [-0.2, 0) is 0 Å². The van der Waals surface area contributed by atoms with E-state index in [9.17, 15) is 13.6 Å². The monoisotopic (exact) mass is 235 g/mol. The highest BCUT2D eigenvalue weighted by Gasteiger charge is 2.14. The summed E-state index contributed by atoms with van der Waals surface area (Å²) < 4.78 is 26.9. The number of pyridine rings is 1. The molecule has 0 aliphatic carbocycles. The molecule has 2 rings (SSSR count). The van der Waals surface area contributed by atoms with E-state index in [0.717, 1.165) is 18.2 Å². The molecule has 1 N–H and O–H groups in total. The molecule has 0 amide bonds. The van der Waals surface area contributed by atoms with Gasteiger partial charge in [-0.2, -0.15) is 0 Å². The van der Waals surface area contributed by atoms with Crippen molar-refractivity contribution in [1.82, 2.24) is 4.98 Å². The standard InChI is InChI=1S/C12H7F2NO2/c13-8-4-2-1-3-7(8)11-9(14)5-6-10(15-11)12(16)17/h1-6H,(H,16,17). The summed E-state index contributed by atoms with van der Waals surface area (Å²) in [6.45, 7) is 0. The van der Waals surface area contributed by atoms with Gasteiger partial charge in [-0.1, -0.05) is 12.1 Å². The number of rotatable bonds is 2. The van der Waals surface area contributed by atoms with E-state index in [4.69, 9.17) is 5.11 Å². The fourth-order valence-corrected chi connectivity index (χ4v) is 1.40. The third-order valence-corrected chi connectivity index (χ3v) is 2.19. The molecule has 0 radical (unpaired) electrons. The lowest BCUT2D eigenvalue weighted by Crippen LogP contribution is -2.03. The van der Waals surface area contributed by atoms with Gasteiger partial charge in [0.25, 0.3) is 0 Å². The fourth-order valence-electron chi connectivity index (χ4n) is 1.40. The van der Waals surface area contributed by atoms with Crippen LogP contribution in [0.15, 0.2) is 36.4 Å². The average Bonchev–Trinajstić information content (AvgIpc) is 2.30. The number of carboxylic acids is 1. The number of carboxylic acid groups (broad SMARTS) is 1. The minimum atomic E-state index is -1.29. The zero-order chi connectivity index (χ0) is 12.4. The molecule has 0 saturated heterocycles. The Morgan fingerprint density at radius 1 is 1.06 bits per heavy atom. The summed E-state index contributed by atoms with van der Waals surface area (Å²) in [5.41, 5.74) is -0.694. The smallest absolute Gasteiger partial charge is 0.354 e. The molecule has 0 fully saturated rings. The Hall–Kier alpha value is -2.30. The van der Waals surface area contributed by atoms with Crippen molar-refractivity contribution in [3.8, 4) is 11.3 Å². The van der Waals surface area contributed by atoms with E-state index in [1.54, 1.807) is 0 Å². The Labute approximate surface area is 95.4 Å². The predicted octanol–water partition coefficient (Wildman–Crippen LogP) is 2.73. The maximum absolute atomic E-state index is 13.5. The molecule has 1 aromatic carbocycles. The molecule has 1 aromatic heterocycles. The van der Waals surface area contributed by atoms with Crippen LogP contribution in [0.3, 0.4) is 0 Å². The molecule has 0 saturated carbocycles. The number of aromatic nitrogens is 1. The van der Waals surface area contributed by atoms with Crippen molar-refractivity contribution in [2.24, 2.45) is 0 Å². The van der Waals surface area contributed by atoms with E-state index < -0.39 is 17.6 Å². The van der Waals surface area contributed by atoms with Gasteiger partial charge in [0.1, 0.15) is 23.0 Å². The van der Waals surface area contributed by atoms with Crippen LogP contribution in [0.5, 0.6) is 0 Å². The van der Waals surface area contributed by atoms with Gasteiger partial charge in [-0.15, -0.1) is 0 Å². The van der Waals surface area contributed by atoms with Gasteiger partial charge in [0.2, 0.25) is 0 Å². The molecule has 17 heavy (non-hydrogen) atoms. The maximum atomic E-state index is 13.5. The van der Waals surface area contributed by atoms with Gasteiger partial charge in [-0.05, 0) is 24.3 Å². The molecule has 0 atom stereocenters. The minimum Gasteiger partial charge on any atom is -0.477 e. The Morgan fingerprint density at radius 2 is 1.76 bits per heavy atom. The summed E-state index contributed by atoms with van der Waals surface area (Å²) >= 11 is 0. The topological polar surface area (TPSA) is 50.2 Å². The van der Waals surface area contributed by atoms with E-state index in [1.807, 2.05) is 0 Å². The average molecular weight is 235 g/mol. The molecule has 1 heterocycles. The van der Waals surface area contributed by atoms with E-state index in [2.05, 4.69) is 4.98 Å². The summed E-state index contributed by atoms with van der Waals surface area (Å²) in [5.74, 6) is -2.70. The third kappa shape index (κ3) is 2.13. The van der Waals surface area contributed by atoms with Gasteiger partial charge in [-0.3, -0.25) is 0 Å². The van der Waals surface area contributed by atoms with Crippen LogP contribution < -0.4 is 0 Å². The number of halogens is 2. The molecular weight excluding hydrogens is 228 g/mol. The summed E-state index contributed by atoms with van der Waals surface area (Å²) in [5, 5.41) is 8.74. The van der Waals surface area contributed by atoms with Crippen LogP contribution in [0.4, 0.5) is 8.78 Å². The first-order valence-electron chi connectivity index (χ1n) is 4.74. The first kappa shape index (κ1) is 11.2. The van der Waals surface area contributed by atoms with Crippen LogP contribution in [0.1, 0.15) is 10.5 Å². The van der Waals surface area contributed by atoms with Gasteiger partial charge >= 0.3 is 5.97 Å². The fraction of sp³-hybridized carbons (Fsp3) is 0. The molecular formula is C12H7F2NO2. The van der Waals surface area contributed by atoms with Crippen molar-refractivity contribution in [2.75, 3.05) is 0 Å². The zero-order valence-electron chi connectivity index (χ0n) is 8.52. The van der Waals surface area contributed by atoms with Crippen molar-refractivity contribution < 1.29 is 18.7 Å². The second kappa shape index (κ2) is 4.29. The normalized spacial score (nSPS) is 10.2. The zero-order valence-corrected chi connectivity index (χ0v) is 8.52. The van der Waals surface area contributed by atoms with E-state index in [1.165, 1.54) is 18.2 Å². The number of aromatic carboxylic acids is 1. The molecule has 0 unspecified atom stereocenters. The largest absolute Gasteiger partial charge is 0.477 e. The number of benzene rings is 1. The van der Waals surface area contributed by atoms with Crippen LogP contribution in [0, 0.1) is 11.6 Å². The minimum absolute atomic E-state index is 0.0619. The lowest BCUT2D eigenvalue weighted by atomic mass is 10.1. The van der Waals surface area contributed by atoms with Gasteiger partial charge in [-0.25, -0.2) is 18.6 Å². The first-order valence-corrected chi connectivity index (χ1v) is 4.74. The molecule has 0 aliphatic heterocycles. The summed E-state index contributed by atoms with van der Waals surface area (Å²) in [4.78, 5) is 14.3. The highest BCUT2D eigenvalue weighted by molar-refractivity contribution is 5.86. The molecule has 86 valence electrons. The second-order valence-corrected chi connectivity index (χ2v) is 3.31. The Bertz CT molecular complexity index is 584. The lowest BCUT2D eigenvalue weighted by molar-refractivity contribution is 0.0690. The molecule has 0 bridgehead atoms. The maximum Gasteiger partial charge on any atom is 0.354 e. The van der Waals surface area contributed by atoms with Crippen LogP contribution in [0.25, 0.3) is 11.3 Å². The predicted molar refractivity (Wildman–Crippen MR) is 56.5 cm³/mol. The van der Waals surface area contributed by atoms with Crippen molar-refractivity contribution in [3.05, 3.63) is 53.7 Å². The molecule has 2 aromatic rings. The van der Waals surface area contributed by atoms with Gasteiger partial charge in [0.05, 0.1) is 0 Å². The molecule has 0 aliphatic rings. The molecule has 0 spiro atoms. The van der Waals surface area contributed by atoms with Crippen molar-refractivity contribution in [2.45, 2.75) is 0 Å². The van der Waals surface area contributed by atoms with Gasteiger partial charge < -0.3 is 5.11 Å².